The smallest absolute Gasteiger partial charge is 0.170 e. The van der Waals surface area contributed by atoms with Crippen molar-refractivity contribution in [2.45, 2.75) is 19.5 Å². The molecule has 0 aliphatic carbocycles. The number of nitrogens with zero attached hydrogens (tertiary/aromatic N) is 6. The Morgan fingerprint density at radius 3 is 2.75 bits per heavy atom. The molecular weight excluding hydrogens is 252 g/mol. The molecule has 2 heterocycles. The van der Waals surface area contributed by atoms with Crippen molar-refractivity contribution in [2.24, 2.45) is 0 Å². The van der Waals surface area contributed by atoms with Crippen LogP contribution >= 0.6 is 0 Å². The van der Waals surface area contributed by atoms with E-state index < -0.39 is 0 Å². The van der Waals surface area contributed by atoms with Crippen LogP contribution in [-0.2, 0) is 6.54 Å². The van der Waals surface area contributed by atoms with E-state index in [0.29, 0.717) is 6.04 Å². The molecule has 106 valence electrons. The maximum absolute atomic E-state index is 4.19. The molecule has 0 spiro atoms. The van der Waals surface area contributed by atoms with E-state index in [1.54, 1.807) is 0 Å². The van der Waals surface area contributed by atoms with Crippen molar-refractivity contribution in [1.82, 2.24) is 30.0 Å². The number of likely N-dealkylation sites (N-methyl/N-ethyl adjacent to an activating group) is 1. The summed E-state index contributed by atoms with van der Waals surface area (Å²) in [6.45, 7) is 6.28. The van der Waals surface area contributed by atoms with Crippen molar-refractivity contribution in [3.63, 3.8) is 0 Å². The van der Waals surface area contributed by atoms with Crippen LogP contribution in [0.3, 0.4) is 0 Å². The number of benzene rings is 1. The highest BCUT2D eigenvalue weighted by atomic mass is 15.5. The average Bonchev–Trinajstić information content (AvgIpc) is 2.91. The van der Waals surface area contributed by atoms with Crippen LogP contribution in [0.4, 0.5) is 0 Å². The molecule has 1 aliphatic heterocycles. The number of rotatable bonds is 3. The molecule has 2 aromatic rings. The Morgan fingerprint density at radius 1 is 1.20 bits per heavy atom. The maximum Gasteiger partial charge on any atom is 0.170 e. The third kappa shape index (κ3) is 2.71. The molecule has 1 aromatic carbocycles. The Balaban J connectivity index is 1.77. The third-order valence-corrected chi connectivity index (χ3v) is 3.85. The van der Waals surface area contributed by atoms with Gasteiger partial charge in [0.15, 0.2) is 5.82 Å². The summed E-state index contributed by atoms with van der Waals surface area (Å²) in [6.07, 6.45) is 0. The minimum absolute atomic E-state index is 0.523. The SMILES string of the molecule is CC1CN(C)CCN1Cc1nnnn1-c1ccccc1. The fraction of sp³-hybridized carbons (Fsp3) is 0.500. The largest absolute Gasteiger partial charge is 0.304 e. The number of hydrogen-bond donors (Lipinski definition) is 0. The van der Waals surface area contributed by atoms with E-state index in [4.69, 9.17) is 0 Å². The van der Waals surface area contributed by atoms with Crippen LogP contribution in [0.1, 0.15) is 12.7 Å². The summed E-state index contributed by atoms with van der Waals surface area (Å²) >= 11 is 0. The number of aromatic nitrogens is 4. The summed E-state index contributed by atoms with van der Waals surface area (Å²) in [4.78, 5) is 4.80. The minimum atomic E-state index is 0.523. The molecule has 0 bridgehead atoms. The van der Waals surface area contributed by atoms with Gasteiger partial charge in [-0.1, -0.05) is 18.2 Å². The predicted molar refractivity (Wildman–Crippen MR) is 76.5 cm³/mol. The van der Waals surface area contributed by atoms with Gasteiger partial charge in [-0.15, -0.1) is 5.10 Å². The van der Waals surface area contributed by atoms with Gasteiger partial charge >= 0.3 is 0 Å². The number of para-hydroxylation sites is 1. The molecule has 0 saturated carbocycles. The van der Waals surface area contributed by atoms with Crippen LogP contribution < -0.4 is 0 Å². The van der Waals surface area contributed by atoms with Crippen LogP contribution in [0.5, 0.6) is 0 Å². The Bertz CT molecular complexity index is 552. The van der Waals surface area contributed by atoms with Crippen molar-refractivity contribution in [3.8, 4) is 5.69 Å². The number of tetrazole rings is 1. The first-order chi connectivity index (χ1) is 9.74. The van der Waals surface area contributed by atoms with Crippen molar-refractivity contribution >= 4 is 0 Å². The first-order valence-electron chi connectivity index (χ1n) is 6.99. The topological polar surface area (TPSA) is 50.1 Å². The molecule has 0 N–H and O–H groups in total. The highest BCUT2D eigenvalue weighted by Crippen LogP contribution is 2.13. The first kappa shape index (κ1) is 13.2. The van der Waals surface area contributed by atoms with E-state index in [1.807, 2.05) is 35.0 Å². The molecular formula is C14H20N6. The van der Waals surface area contributed by atoms with Gasteiger partial charge in [0.2, 0.25) is 0 Å². The monoisotopic (exact) mass is 272 g/mol. The van der Waals surface area contributed by atoms with Gasteiger partial charge in [-0.25, -0.2) is 0 Å². The molecule has 20 heavy (non-hydrogen) atoms. The summed E-state index contributed by atoms with van der Waals surface area (Å²) in [6, 6.07) is 10.6. The first-order valence-corrected chi connectivity index (χ1v) is 6.99. The van der Waals surface area contributed by atoms with E-state index >= 15 is 0 Å². The van der Waals surface area contributed by atoms with Gasteiger partial charge in [0, 0.05) is 25.7 Å². The lowest BCUT2D eigenvalue weighted by Crippen LogP contribution is -2.50. The van der Waals surface area contributed by atoms with Crippen LogP contribution in [0.15, 0.2) is 30.3 Å². The highest BCUT2D eigenvalue weighted by Gasteiger charge is 2.23. The van der Waals surface area contributed by atoms with E-state index in [-0.39, 0.29) is 0 Å². The van der Waals surface area contributed by atoms with Gasteiger partial charge in [-0.05, 0) is 36.5 Å². The zero-order chi connectivity index (χ0) is 13.9. The zero-order valence-electron chi connectivity index (χ0n) is 12.0. The van der Waals surface area contributed by atoms with Gasteiger partial charge in [-0.3, -0.25) is 4.90 Å². The third-order valence-electron chi connectivity index (χ3n) is 3.85. The van der Waals surface area contributed by atoms with E-state index in [9.17, 15) is 0 Å². The average molecular weight is 272 g/mol. The molecule has 1 fully saturated rings. The molecule has 1 aliphatic rings. The quantitative estimate of drug-likeness (QED) is 0.827. The molecule has 1 atom stereocenters. The lowest BCUT2D eigenvalue weighted by atomic mass is 10.2. The second-order valence-corrected chi connectivity index (χ2v) is 5.42. The van der Waals surface area contributed by atoms with Crippen molar-refractivity contribution in [2.75, 3.05) is 26.7 Å². The standard InChI is InChI=1S/C14H20N6/c1-12-10-18(2)8-9-19(12)11-14-15-16-17-20(14)13-6-4-3-5-7-13/h3-7,12H,8-11H2,1-2H3. The number of hydrogen-bond acceptors (Lipinski definition) is 5. The predicted octanol–water partition coefficient (Wildman–Crippen LogP) is 0.798. The van der Waals surface area contributed by atoms with Gasteiger partial charge in [-0.2, -0.15) is 4.68 Å². The summed E-state index contributed by atoms with van der Waals surface area (Å²) in [5.74, 6) is 0.896. The number of piperazine rings is 1. The fourth-order valence-electron chi connectivity index (χ4n) is 2.67. The Labute approximate surface area is 119 Å². The summed E-state index contributed by atoms with van der Waals surface area (Å²) < 4.78 is 1.82. The summed E-state index contributed by atoms with van der Waals surface area (Å²) in [5, 5.41) is 12.1. The van der Waals surface area contributed by atoms with Gasteiger partial charge in [0.25, 0.3) is 0 Å². The Morgan fingerprint density at radius 2 is 2.00 bits per heavy atom. The van der Waals surface area contributed by atoms with E-state index in [2.05, 4.69) is 39.3 Å². The van der Waals surface area contributed by atoms with Crippen LogP contribution in [0.2, 0.25) is 0 Å². The molecule has 0 amide bonds. The van der Waals surface area contributed by atoms with Gasteiger partial charge in [0.1, 0.15) is 0 Å². The fourth-order valence-corrected chi connectivity index (χ4v) is 2.67. The molecule has 1 aromatic heterocycles. The maximum atomic E-state index is 4.19. The second kappa shape index (κ2) is 5.68. The van der Waals surface area contributed by atoms with E-state index in [0.717, 1.165) is 37.7 Å². The van der Waals surface area contributed by atoms with Crippen LogP contribution in [-0.4, -0.2) is 62.7 Å². The molecule has 1 saturated heterocycles. The molecule has 0 radical (unpaired) electrons. The Kier molecular flexibility index (Phi) is 3.75. The molecule has 6 heteroatoms. The Hall–Kier alpha value is -1.79. The van der Waals surface area contributed by atoms with Gasteiger partial charge in [0.05, 0.1) is 12.2 Å². The van der Waals surface area contributed by atoms with Crippen molar-refractivity contribution < 1.29 is 0 Å². The highest BCUT2D eigenvalue weighted by molar-refractivity contribution is 5.30. The summed E-state index contributed by atoms with van der Waals surface area (Å²) in [5.41, 5.74) is 1.01. The zero-order valence-corrected chi connectivity index (χ0v) is 12.0. The molecule has 3 rings (SSSR count). The van der Waals surface area contributed by atoms with Crippen LogP contribution in [0, 0.1) is 0 Å². The molecule has 6 nitrogen and oxygen atoms in total. The van der Waals surface area contributed by atoms with Gasteiger partial charge < -0.3 is 4.90 Å². The van der Waals surface area contributed by atoms with Crippen molar-refractivity contribution in [3.05, 3.63) is 36.2 Å². The van der Waals surface area contributed by atoms with E-state index in [1.165, 1.54) is 0 Å². The minimum Gasteiger partial charge on any atom is -0.304 e. The lowest BCUT2D eigenvalue weighted by Gasteiger charge is -2.37. The second-order valence-electron chi connectivity index (χ2n) is 5.42. The molecule has 1 unspecified atom stereocenters. The lowest BCUT2D eigenvalue weighted by molar-refractivity contribution is 0.0908. The van der Waals surface area contributed by atoms with Crippen LogP contribution in [0.25, 0.3) is 5.69 Å². The normalized spacial score (nSPS) is 21.2. The van der Waals surface area contributed by atoms with Crippen molar-refractivity contribution in [1.29, 1.82) is 0 Å². The summed E-state index contributed by atoms with van der Waals surface area (Å²) in [7, 11) is 2.17.